The highest BCUT2D eigenvalue weighted by Gasteiger charge is 2.33. The predicted octanol–water partition coefficient (Wildman–Crippen LogP) is 1.90. The molecule has 3 heterocycles. The molecule has 1 atom stereocenters. The Labute approximate surface area is 135 Å². The molecule has 23 heavy (non-hydrogen) atoms. The number of nitrogens with zero attached hydrogens (tertiary/aromatic N) is 3. The largest absolute Gasteiger partial charge is 0.379 e. The molecule has 0 spiro atoms. The van der Waals surface area contributed by atoms with Gasteiger partial charge >= 0.3 is 0 Å². The summed E-state index contributed by atoms with van der Waals surface area (Å²) in [6.07, 6.45) is 4.70. The number of aryl methyl sites for hydroxylation is 1. The lowest BCUT2D eigenvalue weighted by Gasteiger charge is -2.20. The summed E-state index contributed by atoms with van der Waals surface area (Å²) in [7, 11) is -3.57. The van der Waals surface area contributed by atoms with Gasteiger partial charge in [-0.25, -0.2) is 8.42 Å². The van der Waals surface area contributed by atoms with Gasteiger partial charge in [-0.1, -0.05) is 18.2 Å². The first-order valence-corrected chi connectivity index (χ1v) is 9.24. The monoisotopic (exact) mass is 333 g/mol. The molecule has 1 aromatic carbocycles. The molecule has 122 valence electrons. The van der Waals surface area contributed by atoms with Crippen LogP contribution in [0.1, 0.15) is 23.6 Å². The van der Waals surface area contributed by atoms with Crippen LogP contribution in [-0.4, -0.2) is 38.0 Å². The van der Waals surface area contributed by atoms with Crippen LogP contribution in [0.2, 0.25) is 0 Å². The van der Waals surface area contributed by atoms with Crippen molar-refractivity contribution in [2.24, 2.45) is 0 Å². The molecule has 0 radical (unpaired) electrons. The number of aromatic nitrogens is 2. The summed E-state index contributed by atoms with van der Waals surface area (Å²) >= 11 is 0. The number of hydrogen-bond acceptors (Lipinski definition) is 4. The van der Waals surface area contributed by atoms with Crippen LogP contribution in [0, 0.1) is 6.92 Å². The second kappa shape index (κ2) is 5.35. The Hall–Kier alpha value is -1.86. The van der Waals surface area contributed by atoms with E-state index in [2.05, 4.69) is 5.10 Å². The Morgan fingerprint density at radius 2 is 2.22 bits per heavy atom. The highest BCUT2D eigenvalue weighted by molar-refractivity contribution is 7.92. The minimum Gasteiger partial charge on any atom is -0.379 e. The molecule has 0 saturated carbocycles. The van der Waals surface area contributed by atoms with Crippen LogP contribution >= 0.6 is 0 Å². The summed E-state index contributed by atoms with van der Waals surface area (Å²) < 4.78 is 34.6. The van der Waals surface area contributed by atoms with E-state index in [0.717, 1.165) is 29.7 Å². The normalized spacial score (nSPS) is 20.9. The fourth-order valence-corrected chi connectivity index (χ4v) is 4.87. The molecule has 0 amide bonds. The molecule has 4 rings (SSSR count). The Morgan fingerprint density at radius 3 is 3.00 bits per heavy atom. The highest BCUT2D eigenvalue weighted by Crippen LogP contribution is 2.35. The van der Waals surface area contributed by atoms with E-state index < -0.39 is 10.0 Å². The van der Waals surface area contributed by atoms with E-state index in [1.165, 1.54) is 10.5 Å². The van der Waals surface area contributed by atoms with E-state index in [-0.39, 0.29) is 10.9 Å². The third kappa shape index (κ3) is 2.35. The van der Waals surface area contributed by atoms with Crippen molar-refractivity contribution in [1.29, 1.82) is 0 Å². The molecule has 1 unspecified atom stereocenters. The van der Waals surface area contributed by atoms with Crippen LogP contribution in [0.4, 0.5) is 5.69 Å². The maximum absolute atomic E-state index is 13.0. The summed E-state index contributed by atoms with van der Waals surface area (Å²) in [5, 5.41) is 4.25. The first-order valence-electron chi connectivity index (χ1n) is 7.80. The molecule has 2 aromatic rings. The third-order valence-electron chi connectivity index (χ3n) is 4.60. The molecular weight excluding hydrogens is 314 g/mol. The summed E-state index contributed by atoms with van der Waals surface area (Å²) in [4.78, 5) is 0.250. The number of fused-ring (bicyclic) bond motifs is 1. The second-order valence-electron chi connectivity index (χ2n) is 6.08. The van der Waals surface area contributed by atoms with Crippen molar-refractivity contribution in [3.63, 3.8) is 0 Å². The topological polar surface area (TPSA) is 64.4 Å². The maximum Gasteiger partial charge on any atom is 0.267 e. The van der Waals surface area contributed by atoms with Crippen molar-refractivity contribution < 1.29 is 13.2 Å². The summed E-state index contributed by atoms with van der Waals surface area (Å²) in [6, 6.07) is 6.05. The van der Waals surface area contributed by atoms with E-state index in [0.29, 0.717) is 19.8 Å². The molecule has 1 fully saturated rings. The SMILES string of the molecule is Cc1cccc2c1N(S(=O)(=O)c1cnn(C3CCOC3)c1)CC2. The number of para-hydroxylation sites is 1. The minimum atomic E-state index is -3.57. The van der Waals surface area contributed by atoms with Gasteiger partial charge in [0.25, 0.3) is 10.0 Å². The summed E-state index contributed by atoms with van der Waals surface area (Å²) in [5.74, 6) is 0. The second-order valence-corrected chi connectivity index (χ2v) is 7.95. The average Bonchev–Trinajstić information content (AvgIpc) is 3.26. The Kier molecular flexibility index (Phi) is 3.42. The number of hydrogen-bond donors (Lipinski definition) is 0. The lowest BCUT2D eigenvalue weighted by Crippen LogP contribution is -2.29. The number of rotatable bonds is 3. The van der Waals surface area contributed by atoms with Crippen LogP contribution in [-0.2, 0) is 21.2 Å². The van der Waals surface area contributed by atoms with Crippen LogP contribution in [0.25, 0.3) is 0 Å². The zero-order valence-corrected chi connectivity index (χ0v) is 13.8. The lowest BCUT2D eigenvalue weighted by molar-refractivity contribution is 0.184. The fraction of sp³-hybridized carbons (Fsp3) is 0.438. The van der Waals surface area contributed by atoms with E-state index in [4.69, 9.17) is 4.74 Å². The number of ether oxygens (including phenoxy) is 1. The van der Waals surface area contributed by atoms with Crippen molar-refractivity contribution in [2.45, 2.75) is 30.7 Å². The first kappa shape index (κ1) is 14.7. The van der Waals surface area contributed by atoms with Crippen molar-refractivity contribution in [2.75, 3.05) is 24.1 Å². The Morgan fingerprint density at radius 1 is 1.35 bits per heavy atom. The average molecular weight is 333 g/mol. The third-order valence-corrected chi connectivity index (χ3v) is 6.35. The van der Waals surface area contributed by atoms with Gasteiger partial charge in [-0.05, 0) is 30.9 Å². The molecule has 6 nitrogen and oxygen atoms in total. The van der Waals surface area contributed by atoms with Gasteiger partial charge in [-0.15, -0.1) is 0 Å². The molecule has 0 aliphatic carbocycles. The number of anilines is 1. The molecule has 0 bridgehead atoms. The summed E-state index contributed by atoms with van der Waals surface area (Å²) in [6.45, 7) is 3.73. The van der Waals surface area contributed by atoms with Crippen molar-refractivity contribution in [3.05, 3.63) is 41.7 Å². The van der Waals surface area contributed by atoms with Crippen LogP contribution in [0.15, 0.2) is 35.5 Å². The van der Waals surface area contributed by atoms with E-state index in [1.807, 2.05) is 25.1 Å². The molecule has 7 heteroatoms. The maximum atomic E-state index is 13.0. The van der Waals surface area contributed by atoms with Crippen LogP contribution in [0.5, 0.6) is 0 Å². The number of sulfonamides is 1. The van der Waals surface area contributed by atoms with Gasteiger partial charge in [-0.2, -0.15) is 5.10 Å². The molecule has 2 aliphatic heterocycles. The zero-order valence-electron chi connectivity index (χ0n) is 13.0. The molecular formula is C16H19N3O3S. The van der Waals surface area contributed by atoms with Gasteiger partial charge in [0.1, 0.15) is 4.90 Å². The van der Waals surface area contributed by atoms with Gasteiger partial charge in [0.15, 0.2) is 0 Å². The van der Waals surface area contributed by atoms with Gasteiger partial charge in [0, 0.05) is 19.3 Å². The minimum absolute atomic E-state index is 0.131. The van der Waals surface area contributed by atoms with E-state index >= 15 is 0 Å². The number of benzene rings is 1. The van der Waals surface area contributed by atoms with E-state index in [1.54, 1.807) is 10.9 Å². The predicted molar refractivity (Wildman–Crippen MR) is 86.1 cm³/mol. The Balaban J connectivity index is 1.70. The smallest absolute Gasteiger partial charge is 0.267 e. The lowest BCUT2D eigenvalue weighted by atomic mass is 10.1. The van der Waals surface area contributed by atoms with Gasteiger partial charge in [-0.3, -0.25) is 8.99 Å². The zero-order chi connectivity index (χ0) is 16.0. The molecule has 0 N–H and O–H groups in total. The first-order chi connectivity index (χ1) is 11.1. The van der Waals surface area contributed by atoms with Crippen molar-refractivity contribution in [1.82, 2.24) is 9.78 Å². The van der Waals surface area contributed by atoms with Crippen molar-refractivity contribution >= 4 is 15.7 Å². The Bertz CT molecular complexity index is 838. The van der Waals surface area contributed by atoms with Gasteiger partial charge in [0.05, 0.1) is 24.5 Å². The standard InChI is InChI=1S/C16H19N3O3S/c1-12-3-2-4-13-5-7-19(16(12)13)23(20,21)15-9-17-18(10-15)14-6-8-22-11-14/h2-4,9-10,14H,5-8,11H2,1H3. The quantitative estimate of drug-likeness (QED) is 0.861. The van der Waals surface area contributed by atoms with E-state index in [9.17, 15) is 8.42 Å². The van der Waals surface area contributed by atoms with Crippen LogP contribution in [0.3, 0.4) is 0 Å². The van der Waals surface area contributed by atoms with Crippen molar-refractivity contribution in [3.8, 4) is 0 Å². The molecule has 2 aliphatic rings. The highest BCUT2D eigenvalue weighted by atomic mass is 32.2. The molecule has 1 aromatic heterocycles. The van der Waals surface area contributed by atoms with Gasteiger partial charge in [0.2, 0.25) is 0 Å². The van der Waals surface area contributed by atoms with Crippen LogP contribution < -0.4 is 4.31 Å². The van der Waals surface area contributed by atoms with Gasteiger partial charge < -0.3 is 4.74 Å². The fourth-order valence-electron chi connectivity index (χ4n) is 3.36. The molecule has 1 saturated heterocycles. The summed E-state index contributed by atoms with van der Waals surface area (Å²) in [5.41, 5.74) is 2.90.